The van der Waals surface area contributed by atoms with Crippen LogP contribution >= 0.6 is 0 Å². The number of nitrogens with two attached hydrogens (primary N) is 1. The fourth-order valence-corrected chi connectivity index (χ4v) is 2.78. The number of rotatable bonds is 5. The molecule has 2 aromatic carbocycles. The zero-order valence-electron chi connectivity index (χ0n) is 14.3. The third-order valence-corrected chi connectivity index (χ3v) is 4.11. The third-order valence-electron chi connectivity index (χ3n) is 4.11. The summed E-state index contributed by atoms with van der Waals surface area (Å²) < 4.78 is 0. The molecule has 3 N–H and O–H groups in total. The predicted molar refractivity (Wildman–Crippen MR) is 103 cm³/mol. The molecule has 0 aliphatic rings. The maximum atomic E-state index is 8.02. The lowest BCUT2D eigenvalue weighted by atomic mass is 10.1. The maximum Gasteiger partial charge on any atom is 0.194 e. The minimum absolute atomic E-state index is 0.00594. The van der Waals surface area contributed by atoms with E-state index in [-0.39, 0.29) is 5.96 Å². The lowest BCUT2D eigenvalue weighted by Gasteiger charge is -2.24. The zero-order chi connectivity index (χ0) is 17.6. The predicted octanol–water partition coefficient (Wildman–Crippen LogP) is 3.88. The molecular formula is C21H22N4. The molecule has 3 rings (SSSR count). The quantitative estimate of drug-likeness (QED) is 0.551. The molecule has 0 fully saturated rings. The van der Waals surface area contributed by atoms with Gasteiger partial charge in [0.1, 0.15) is 5.82 Å². The minimum Gasteiger partial charge on any atom is -0.370 e. The average molecular weight is 330 g/mol. The molecule has 0 bridgehead atoms. The molecule has 25 heavy (non-hydrogen) atoms. The van der Waals surface area contributed by atoms with Gasteiger partial charge in [-0.05, 0) is 29.7 Å². The van der Waals surface area contributed by atoms with Gasteiger partial charge < -0.3 is 5.73 Å². The van der Waals surface area contributed by atoms with Crippen LogP contribution in [0.25, 0.3) is 0 Å². The second-order valence-corrected chi connectivity index (χ2v) is 6.11. The number of aromatic nitrogens is 1. The molecule has 0 amide bonds. The Hall–Kier alpha value is -3.14. The lowest BCUT2D eigenvalue weighted by Crippen LogP contribution is -2.37. The van der Waals surface area contributed by atoms with Crippen LogP contribution in [0.4, 0.5) is 5.82 Å². The van der Waals surface area contributed by atoms with Crippen molar-refractivity contribution >= 4 is 11.8 Å². The summed E-state index contributed by atoms with van der Waals surface area (Å²) in [5, 5.41) is 8.02. The Morgan fingerprint density at radius 2 is 1.68 bits per heavy atom. The summed E-state index contributed by atoms with van der Waals surface area (Å²) in [5.74, 6) is 0.730. The first-order valence-corrected chi connectivity index (χ1v) is 8.28. The Kier molecular flexibility index (Phi) is 5.09. The molecule has 126 valence electrons. The highest BCUT2D eigenvalue weighted by Gasteiger charge is 2.16. The van der Waals surface area contributed by atoms with Gasteiger partial charge in [-0.25, -0.2) is 4.98 Å². The van der Waals surface area contributed by atoms with Crippen LogP contribution in [0.3, 0.4) is 0 Å². The van der Waals surface area contributed by atoms with Crippen molar-refractivity contribution in [2.45, 2.75) is 19.9 Å². The average Bonchev–Trinajstić information content (AvgIpc) is 2.63. The first-order valence-electron chi connectivity index (χ1n) is 8.28. The summed E-state index contributed by atoms with van der Waals surface area (Å²) in [7, 11) is 0. The first-order chi connectivity index (χ1) is 12.1. The van der Waals surface area contributed by atoms with Gasteiger partial charge in [0.25, 0.3) is 0 Å². The number of nitrogens with one attached hydrogen (secondary N) is 1. The fraction of sp³-hybridized carbons (Fsp3) is 0.143. The smallest absolute Gasteiger partial charge is 0.194 e. The van der Waals surface area contributed by atoms with Crippen molar-refractivity contribution in [3.8, 4) is 0 Å². The highest BCUT2D eigenvalue weighted by Crippen LogP contribution is 2.22. The fourth-order valence-electron chi connectivity index (χ4n) is 2.78. The summed E-state index contributed by atoms with van der Waals surface area (Å²) in [6, 6.07) is 22.5. The van der Waals surface area contributed by atoms with E-state index in [1.807, 2.05) is 30.3 Å². The molecule has 0 atom stereocenters. The molecule has 4 nitrogen and oxygen atoms in total. The molecule has 1 aromatic heterocycles. The molecule has 0 aliphatic carbocycles. The van der Waals surface area contributed by atoms with Gasteiger partial charge in [-0.3, -0.25) is 10.3 Å². The topological polar surface area (TPSA) is 66.0 Å². The number of guanidine groups is 1. The van der Waals surface area contributed by atoms with Crippen LogP contribution in [-0.4, -0.2) is 10.9 Å². The van der Waals surface area contributed by atoms with Crippen LogP contribution in [0.2, 0.25) is 0 Å². The van der Waals surface area contributed by atoms with Crippen LogP contribution < -0.4 is 10.6 Å². The van der Waals surface area contributed by atoms with E-state index >= 15 is 0 Å². The molecule has 0 radical (unpaired) electrons. The summed E-state index contributed by atoms with van der Waals surface area (Å²) in [5.41, 5.74) is 10.4. The molecular weight excluding hydrogens is 308 g/mol. The third kappa shape index (κ3) is 4.23. The number of nitrogens with zero attached hydrogens (tertiary/aromatic N) is 2. The van der Waals surface area contributed by atoms with Gasteiger partial charge in [-0.2, -0.15) is 0 Å². The Bertz CT molecular complexity index is 841. The van der Waals surface area contributed by atoms with Gasteiger partial charge in [0.15, 0.2) is 5.96 Å². The van der Waals surface area contributed by atoms with Crippen LogP contribution in [0.15, 0.2) is 72.9 Å². The van der Waals surface area contributed by atoms with Crippen molar-refractivity contribution in [2.24, 2.45) is 5.73 Å². The number of benzene rings is 2. The molecule has 3 aromatic rings. The maximum absolute atomic E-state index is 8.02. The van der Waals surface area contributed by atoms with E-state index in [1.165, 1.54) is 11.1 Å². The monoisotopic (exact) mass is 330 g/mol. The van der Waals surface area contributed by atoms with Crippen molar-refractivity contribution in [1.82, 2.24) is 4.98 Å². The highest BCUT2D eigenvalue weighted by molar-refractivity contribution is 5.92. The van der Waals surface area contributed by atoms with Crippen molar-refractivity contribution in [2.75, 3.05) is 4.90 Å². The molecule has 0 spiro atoms. The van der Waals surface area contributed by atoms with Gasteiger partial charge in [0.2, 0.25) is 0 Å². The Morgan fingerprint density at radius 3 is 2.36 bits per heavy atom. The van der Waals surface area contributed by atoms with Crippen molar-refractivity contribution < 1.29 is 0 Å². The van der Waals surface area contributed by atoms with Crippen LogP contribution in [0.1, 0.15) is 22.3 Å². The van der Waals surface area contributed by atoms with Gasteiger partial charge in [0.05, 0.1) is 6.54 Å². The van der Waals surface area contributed by atoms with Gasteiger partial charge in [-0.15, -0.1) is 0 Å². The largest absolute Gasteiger partial charge is 0.370 e. The van der Waals surface area contributed by atoms with E-state index < -0.39 is 0 Å². The van der Waals surface area contributed by atoms with E-state index in [9.17, 15) is 0 Å². The van der Waals surface area contributed by atoms with E-state index in [2.05, 4.69) is 48.3 Å². The van der Waals surface area contributed by atoms with Crippen molar-refractivity contribution in [3.63, 3.8) is 0 Å². The van der Waals surface area contributed by atoms with Gasteiger partial charge in [-0.1, -0.05) is 66.2 Å². The number of pyridine rings is 1. The van der Waals surface area contributed by atoms with Crippen LogP contribution in [0.5, 0.6) is 0 Å². The molecule has 4 heteroatoms. The number of hydrogen-bond donors (Lipinski definition) is 2. The lowest BCUT2D eigenvalue weighted by molar-refractivity contribution is 0.939. The van der Waals surface area contributed by atoms with Crippen LogP contribution in [-0.2, 0) is 13.0 Å². The second kappa shape index (κ2) is 7.62. The molecule has 0 saturated carbocycles. The normalized spacial score (nSPS) is 10.4. The number of hydrogen-bond acceptors (Lipinski definition) is 2. The Morgan fingerprint density at radius 1 is 0.960 bits per heavy atom. The van der Waals surface area contributed by atoms with Crippen molar-refractivity contribution in [1.29, 1.82) is 5.41 Å². The first kappa shape index (κ1) is 16.7. The molecule has 0 aliphatic heterocycles. The highest BCUT2D eigenvalue weighted by atomic mass is 15.3. The van der Waals surface area contributed by atoms with Crippen LogP contribution in [0, 0.1) is 12.3 Å². The standard InChI is InChI=1S/C21H22N4/c1-16-9-11-18(12-10-16)15-25(21(22)23)20-19(8-5-13-24-20)14-17-6-3-2-4-7-17/h2-13H,14-15H2,1H3,(H3,22,23). The summed E-state index contributed by atoms with van der Waals surface area (Å²) in [4.78, 5) is 6.27. The minimum atomic E-state index is -0.00594. The summed E-state index contributed by atoms with van der Waals surface area (Å²) in [6.07, 6.45) is 2.50. The Balaban J connectivity index is 1.91. The van der Waals surface area contributed by atoms with Gasteiger partial charge >= 0.3 is 0 Å². The van der Waals surface area contributed by atoms with E-state index in [4.69, 9.17) is 11.1 Å². The Labute approximate surface area is 148 Å². The number of aryl methyl sites for hydroxylation is 1. The van der Waals surface area contributed by atoms with E-state index in [1.54, 1.807) is 11.1 Å². The van der Waals surface area contributed by atoms with E-state index in [0.717, 1.165) is 23.4 Å². The summed E-state index contributed by atoms with van der Waals surface area (Å²) >= 11 is 0. The summed E-state index contributed by atoms with van der Waals surface area (Å²) in [6.45, 7) is 2.58. The van der Waals surface area contributed by atoms with Gasteiger partial charge in [0, 0.05) is 12.6 Å². The SMILES string of the molecule is Cc1ccc(CN(C(=N)N)c2ncccc2Cc2ccccc2)cc1. The molecule has 0 unspecified atom stereocenters. The molecule has 1 heterocycles. The second-order valence-electron chi connectivity index (χ2n) is 6.11. The van der Waals surface area contributed by atoms with Crippen molar-refractivity contribution in [3.05, 3.63) is 95.2 Å². The number of anilines is 1. The zero-order valence-corrected chi connectivity index (χ0v) is 14.3. The van der Waals surface area contributed by atoms with E-state index in [0.29, 0.717) is 6.54 Å². The molecule has 0 saturated heterocycles.